The van der Waals surface area contributed by atoms with Gasteiger partial charge in [-0.1, -0.05) is 6.07 Å². The van der Waals surface area contributed by atoms with Gasteiger partial charge in [-0.25, -0.2) is 4.39 Å². The van der Waals surface area contributed by atoms with Crippen molar-refractivity contribution in [1.29, 1.82) is 0 Å². The summed E-state index contributed by atoms with van der Waals surface area (Å²) in [4.78, 5) is 0. The van der Waals surface area contributed by atoms with Crippen molar-refractivity contribution in [2.24, 2.45) is 0 Å². The SMILES string of the molecule is COc1ccc2c(c1)NC(CF)C2. The van der Waals surface area contributed by atoms with Gasteiger partial charge in [-0.3, -0.25) is 0 Å². The summed E-state index contributed by atoms with van der Waals surface area (Å²) in [5, 5.41) is 3.10. The molecule has 0 bridgehead atoms. The van der Waals surface area contributed by atoms with Gasteiger partial charge in [0.25, 0.3) is 0 Å². The zero-order valence-corrected chi connectivity index (χ0v) is 7.51. The highest BCUT2D eigenvalue weighted by atomic mass is 19.1. The summed E-state index contributed by atoms with van der Waals surface area (Å²) in [6.07, 6.45) is 0.774. The van der Waals surface area contributed by atoms with Crippen LogP contribution in [-0.4, -0.2) is 19.8 Å². The summed E-state index contributed by atoms with van der Waals surface area (Å²) in [6, 6.07) is 5.74. The minimum Gasteiger partial charge on any atom is -0.497 e. The molecule has 0 radical (unpaired) electrons. The Kier molecular flexibility index (Phi) is 2.08. The normalized spacial score (nSPS) is 19.4. The number of hydrogen-bond donors (Lipinski definition) is 1. The summed E-state index contributed by atoms with van der Waals surface area (Å²) in [5.74, 6) is 0.811. The number of ether oxygens (including phenoxy) is 1. The van der Waals surface area contributed by atoms with E-state index in [0.29, 0.717) is 0 Å². The van der Waals surface area contributed by atoms with E-state index in [-0.39, 0.29) is 12.7 Å². The van der Waals surface area contributed by atoms with Crippen molar-refractivity contribution in [1.82, 2.24) is 0 Å². The molecular weight excluding hydrogens is 169 g/mol. The maximum absolute atomic E-state index is 12.4. The van der Waals surface area contributed by atoms with Gasteiger partial charge in [0.05, 0.1) is 13.2 Å². The highest BCUT2D eigenvalue weighted by molar-refractivity contribution is 5.59. The molecule has 1 atom stereocenters. The number of halogens is 1. The predicted octanol–water partition coefficient (Wildman–Crippen LogP) is 2.00. The molecule has 1 unspecified atom stereocenters. The number of hydrogen-bond acceptors (Lipinski definition) is 2. The number of nitrogens with one attached hydrogen (secondary N) is 1. The summed E-state index contributed by atoms with van der Waals surface area (Å²) >= 11 is 0. The highest BCUT2D eigenvalue weighted by Gasteiger charge is 2.20. The lowest BCUT2D eigenvalue weighted by Gasteiger charge is -2.05. The zero-order chi connectivity index (χ0) is 9.26. The molecule has 0 saturated carbocycles. The molecule has 0 fully saturated rings. The van der Waals surface area contributed by atoms with Crippen molar-refractivity contribution < 1.29 is 9.13 Å². The minimum absolute atomic E-state index is 0.0536. The average Bonchev–Trinajstić information content (AvgIpc) is 2.58. The van der Waals surface area contributed by atoms with Crippen LogP contribution in [0.1, 0.15) is 5.56 Å². The van der Waals surface area contributed by atoms with Crippen LogP contribution in [0.2, 0.25) is 0 Å². The van der Waals surface area contributed by atoms with E-state index in [1.54, 1.807) is 7.11 Å². The number of alkyl halides is 1. The largest absolute Gasteiger partial charge is 0.497 e. The van der Waals surface area contributed by atoms with Crippen LogP contribution < -0.4 is 10.1 Å². The first-order valence-electron chi connectivity index (χ1n) is 4.33. The molecule has 1 aliphatic heterocycles. The van der Waals surface area contributed by atoms with E-state index in [2.05, 4.69) is 5.32 Å². The van der Waals surface area contributed by atoms with Crippen LogP contribution in [0.25, 0.3) is 0 Å². The van der Waals surface area contributed by atoms with Gasteiger partial charge in [-0.05, 0) is 18.1 Å². The van der Waals surface area contributed by atoms with Crippen molar-refractivity contribution in [3.8, 4) is 5.75 Å². The number of benzene rings is 1. The molecule has 0 amide bonds. The Labute approximate surface area is 76.7 Å². The van der Waals surface area contributed by atoms with Gasteiger partial charge in [-0.2, -0.15) is 0 Å². The van der Waals surface area contributed by atoms with E-state index in [1.807, 2.05) is 18.2 Å². The predicted molar refractivity (Wildman–Crippen MR) is 50.1 cm³/mol. The van der Waals surface area contributed by atoms with Gasteiger partial charge in [0, 0.05) is 11.8 Å². The molecule has 0 aromatic heterocycles. The molecule has 1 heterocycles. The van der Waals surface area contributed by atoms with E-state index < -0.39 is 0 Å². The van der Waals surface area contributed by atoms with Crippen LogP contribution in [0.5, 0.6) is 5.75 Å². The van der Waals surface area contributed by atoms with E-state index in [9.17, 15) is 4.39 Å². The molecule has 2 rings (SSSR count). The molecule has 70 valence electrons. The first-order valence-corrected chi connectivity index (χ1v) is 4.33. The van der Waals surface area contributed by atoms with Crippen LogP contribution in [0.15, 0.2) is 18.2 Å². The van der Waals surface area contributed by atoms with Crippen LogP contribution in [0.4, 0.5) is 10.1 Å². The highest BCUT2D eigenvalue weighted by Crippen LogP contribution is 2.29. The van der Waals surface area contributed by atoms with E-state index in [1.165, 1.54) is 5.56 Å². The molecule has 13 heavy (non-hydrogen) atoms. The lowest BCUT2D eigenvalue weighted by atomic mass is 10.1. The third kappa shape index (κ3) is 1.46. The molecule has 1 aromatic carbocycles. The fraction of sp³-hybridized carbons (Fsp3) is 0.400. The third-order valence-corrected chi connectivity index (χ3v) is 2.33. The number of rotatable bonds is 2. The Morgan fingerprint density at radius 3 is 3.15 bits per heavy atom. The molecule has 1 aliphatic rings. The number of anilines is 1. The van der Waals surface area contributed by atoms with Gasteiger partial charge in [0.15, 0.2) is 0 Å². The van der Waals surface area contributed by atoms with E-state index >= 15 is 0 Å². The Balaban J connectivity index is 2.25. The molecule has 3 heteroatoms. The summed E-state index contributed by atoms with van der Waals surface area (Å²) in [7, 11) is 1.63. The Hall–Kier alpha value is -1.25. The van der Waals surface area contributed by atoms with Crippen molar-refractivity contribution in [3.05, 3.63) is 23.8 Å². The Bertz CT molecular complexity index is 314. The standard InChI is InChI=1S/C10H12FNO/c1-13-9-3-2-7-4-8(6-11)12-10(7)5-9/h2-3,5,8,12H,4,6H2,1H3. The van der Waals surface area contributed by atoms with E-state index in [0.717, 1.165) is 17.9 Å². The van der Waals surface area contributed by atoms with Crippen molar-refractivity contribution in [2.75, 3.05) is 19.1 Å². The second-order valence-corrected chi connectivity index (χ2v) is 3.22. The quantitative estimate of drug-likeness (QED) is 0.753. The third-order valence-electron chi connectivity index (χ3n) is 2.33. The molecule has 0 spiro atoms. The van der Waals surface area contributed by atoms with Gasteiger partial charge in [-0.15, -0.1) is 0 Å². The number of fused-ring (bicyclic) bond motifs is 1. The summed E-state index contributed by atoms with van der Waals surface area (Å²) in [5.41, 5.74) is 2.17. The van der Waals surface area contributed by atoms with Gasteiger partial charge >= 0.3 is 0 Å². The summed E-state index contributed by atoms with van der Waals surface area (Å²) in [6.45, 7) is -0.322. The lowest BCUT2D eigenvalue weighted by molar-refractivity contribution is 0.415. The van der Waals surface area contributed by atoms with Crippen LogP contribution >= 0.6 is 0 Å². The minimum atomic E-state index is -0.322. The molecular formula is C10H12FNO. The van der Waals surface area contributed by atoms with E-state index in [4.69, 9.17) is 4.74 Å². The van der Waals surface area contributed by atoms with Gasteiger partial charge in [0.1, 0.15) is 12.4 Å². The van der Waals surface area contributed by atoms with Crippen LogP contribution in [0, 0.1) is 0 Å². The topological polar surface area (TPSA) is 21.3 Å². The van der Waals surface area contributed by atoms with Gasteiger partial charge < -0.3 is 10.1 Å². The van der Waals surface area contributed by atoms with Crippen LogP contribution in [0.3, 0.4) is 0 Å². The van der Waals surface area contributed by atoms with Crippen LogP contribution in [-0.2, 0) is 6.42 Å². The van der Waals surface area contributed by atoms with Crippen molar-refractivity contribution >= 4 is 5.69 Å². The Morgan fingerprint density at radius 2 is 2.46 bits per heavy atom. The molecule has 2 nitrogen and oxygen atoms in total. The monoisotopic (exact) mass is 181 g/mol. The molecule has 0 aliphatic carbocycles. The smallest absolute Gasteiger partial charge is 0.120 e. The fourth-order valence-electron chi connectivity index (χ4n) is 1.62. The second-order valence-electron chi connectivity index (χ2n) is 3.22. The molecule has 1 aromatic rings. The van der Waals surface area contributed by atoms with Gasteiger partial charge in [0.2, 0.25) is 0 Å². The average molecular weight is 181 g/mol. The molecule has 1 N–H and O–H groups in total. The molecule has 0 saturated heterocycles. The number of methoxy groups -OCH3 is 1. The second kappa shape index (κ2) is 3.24. The maximum Gasteiger partial charge on any atom is 0.120 e. The van der Waals surface area contributed by atoms with Crippen molar-refractivity contribution in [2.45, 2.75) is 12.5 Å². The maximum atomic E-state index is 12.4. The zero-order valence-electron chi connectivity index (χ0n) is 7.51. The van der Waals surface area contributed by atoms with Crippen molar-refractivity contribution in [3.63, 3.8) is 0 Å². The summed E-state index contributed by atoms with van der Waals surface area (Å²) < 4.78 is 17.4. The fourth-order valence-corrected chi connectivity index (χ4v) is 1.62. The first-order chi connectivity index (χ1) is 6.33. The lowest BCUT2D eigenvalue weighted by Crippen LogP contribution is -2.17. The Morgan fingerprint density at radius 1 is 1.62 bits per heavy atom. The first kappa shape index (κ1) is 8.35.